The molecule has 0 aromatic rings. The molecule has 0 aromatic carbocycles. The van der Waals surface area contributed by atoms with Crippen LogP contribution in [0.15, 0.2) is 0 Å². The van der Waals surface area contributed by atoms with E-state index in [1.165, 1.54) is 6.42 Å². The highest BCUT2D eigenvalue weighted by Gasteiger charge is 2.48. The van der Waals surface area contributed by atoms with E-state index in [0.717, 1.165) is 5.92 Å². The first-order chi connectivity index (χ1) is 3.38. The zero-order valence-corrected chi connectivity index (χ0v) is 4.35. The summed E-state index contributed by atoms with van der Waals surface area (Å²) in [6.45, 7) is 2.16. The van der Waals surface area contributed by atoms with Gasteiger partial charge in [-0.2, -0.15) is 5.48 Å². The number of hydrogen-bond acceptors (Lipinski definition) is 2. The highest BCUT2D eigenvalue weighted by atomic mass is 16.7. The summed E-state index contributed by atoms with van der Waals surface area (Å²) >= 11 is 0. The second kappa shape index (κ2) is 1.01. The highest BCUT2D eigenvalue weighted by Crippen LogP contribution is 2.40. The van der Waals surface area contributed by atoms with Crippen LogP contribution in [-0.2, 0) is 4.84 Å². The smallest absolute Gasteiger partial charge is 0.0839 e. The van der Waals surface area contributed by atoms with Gasteiger partial charge in [0.25, 0.3) is 0 Å². The first kappa shape index (κ1) is 3.87. The summed E-state index contributed by atoms with van der Waals surface area (Å²) in [6.07, 6.45) is 1.86. The molecule has 1 heterocycles. The van der Waals surface area contributed by atoms with Crippen LogP contribution in [0.2, 0.25) is 0 Å². The quantitative estimate of drug-likeness (QED) is 0.471. The Kier molecular flexibility index (Phi) is 0.557. The molecule has 1 N–H and O–H groups in total. The summed E-state index contributed by atoms with van der Waals surface area (Å²) in [4.78, 5) is 5.09. The Balaban J connectivity index is 2.08. The molecule has 3 atom stereocenters. The van der Waals surface area contributed by atoms with Crippen LogP contribution in [0.25, 0.3) is 0 Å². The molecule has 2 heteroatoms. The first-order valence-corrected chi connectivity index (χ1v) is 2.79. The maximum atomic E-state index is 5.09. The third-order valence-corrected chi connectivity index (χ3v) is 1.83. The summed E-state index contributed by atoms with van der Waals surface area (Å²) in [7, 11) is 0. The summed E-state index contributed by atoms with van der Waals surface area (Å²) in [5, 5.41) is 0. The van der Waals surface area contributed by atoms with Crippen molar-refractivity contribution in [3.63, 3.8) is 0 Å². The van der Waals surface area contributed by atoms with E-state index in [1.54, 1.807) is 0 Å². The molecule has 7 heavy (non-hydrogen) atoms. The fourth-order valence-electron chi connectivity index (χ4n) is 1.13. The summed E-state index contributed by atoms with van der Waals surface area (Å²) < 4.78 is 0. The Morgan fingerprint density at radius 1 is 1.71 bits per heavy atom. The minimum absolute atomic E-state index is 0.579. The van der Waals surface area contributed by atoms with Crippen LogP contribution in [0.4, 0.5) is 0 Å². The summed E-state index contributed by atoms with van der Waals surface area (Å²) in [5.41, 5.74) is 2.92. The predicted octanol–water partition coefficient (Wildman–Crippen LogP) is 0.298. The fraction of sp³-hybridized carbons (Fsp3) is 1.00. The van der Waals surface area contributed by atoms with Crippen molar-refractivity contribution in [3.05, 3.63) is 0 Å². The molecule has 2 nitrogen and oxygen atoms in total. The van der Waals surface area contributed by atoms with Gasteiger partial charge in [-0.1, -0.05) is 0 Å². The lowest BCUT2D eigenvalue weighted by Crippen LogP contribution is -2.20. The van der Waals surface area contributed by atoms with Crippen LogP contribution in [-0.4, -0.2) is 12.1 Å². The Bertz CT molecular complexity index is 94.1. The van der Waals surface area contributed by atoms with E-state index in [0.29, 0.717) is 12.1 Å². The molecular formula is C5H9NO. The van der Waals surface area contributed by atoms with Crippen molar-refractivity contribution in [2.45, 2.75) is 25.5 Å². The van der Waals surface area contributed by atoms with Gasteiger partial charge in [0.05, 0.1) is 6.10 Å². The average molecular weight is 99.1 g/mol. The van der Waals surface area contributed by atoms with Crippen molar-refractivity contribution in [1.29, 1.82) is 0 Å². The lowest BCUT2D eigenvalue weighted by atomic mass is 10.2. The standard InChI is InChI=1S/C5H9NO/c1-3-4-2-5(4)7-6-3/h3-6H,2H2,1H3. The molecule has 1 saturated heterocycles. The number of rotatable bonds is 0. The highest BCUT2D eigenvalue weighted by molar-refractivity contribution is 4.97. The van der Waals surface area contributed by atoms with E-state index < -0.39 is 0 Å². The molecule has 2 fully saturated rings. The van der Waals surface area contributed by atoms with E-state index in [-0.39, 0.29) is 0 Å². The van der Waals surface area contributed by atoms with Crippen LogP contribution in [0.1, 0.15) is 13.3 Å². The van der Waals surface area contributed by atoms with Gasteiger partial charge in [-0.3, -0.25) is 4.84 Å². The number of fused-ring (bicyclic) bond motifs is 1. The van der Waals surface area contributed by atoms with E-state index in [2.05, 4.69) is 12.4 Å². The number of nitrogens with one attached hydrogen (secondary N) is 1. The molecular weight excluding hydrogens is 90.1 g/mol. The normalized spacial score (nSPS) is 57.0. The minimum Gasteiger partial charge on any atom is -0.298 e. The SMILES string of the molecule is CC1NOC2CC12. The largest absolute Gasteiger partial charge is 0.298 e. The molecule has 0 aromatic heterocycles. The predicted molar refractivity (Wildman–Crippen MR) is 25.6 cm³/mol. The van der Waals surface area contributed by atoms with Gasteiger partial charge in [0.1, 0.15) is 0 Å². The first-order valence-electron chi connectivity index (χ1n) is 2.79. The van der Waals surface area contributed by atoms with Crippen molar-refractivity contribution < 1.29 is 4.84 Å². The van der Waals surface area contributed by atoms with Gasteiger partial charge < -0.3 is 0 Å². The molecule has 3 unspecified atom stereocenters. The molecule has 2 rings (SSSR count). The number of hydrogen-bond donors (Lipinski definition) is 1. The second-order valence-corrected chi connectivity index (χ2v) is 2.46. The van der Waals surface area contributed by atoms with Crippen LogP contribution >= 0.6 is 0 Å². The molecule has 1 saturated carbocycles. The van der Waals surface area contributed by atoms with Gasteiger partial charge in [-0.25, -0.2) is 0 Å². The van der Waals surface area contributed by atoms with E-state index in [9.17, 15) is 0 Å². The van der Waals surface area contributed by atoms with Crippen molar-refractivity contribution in [2.75, 3.05) is 0 Å². The van der Waals surface area contributed by atoms with Gasteiger partial charge in [0.2, 0.25) is 0 Å². The maximum absolute atomic E-state index is 5.09. The van der Waals surface area contributed by atoms with Gasteiger partial charge in [-0.15, -0.1) is 0 Å². The Morgan fingerprint density at radius 2 is 2.57 bits per heavy atom. The molecule has 1 aliphatic carbocycles. The zero-order chi connectivity index (χ0) is 4.85. The zero-order valence-electron chi connectivity index (χ0n) is 4.35. The molecule has 2 aliphatic rings. The van der Waals surface area contributed by atoms with Crippen molar-refractivity contribution >= 4 is 0 Å². The molecule has 1 aliphatic heterocycles. The van der Waals surface area contributed by atoms with Crippen molar-refractivity contribution in [2.24, 2.45) is 5.92 Å². The maximum Gasteiger partial charge on any atom is 0.0839 e. The topological polar surface area (TPSA) is 21.3 Å². The Labute approximate surface area is 42.8 Å². The number of hydroxylamine groups is 1. The average Bonchev–Trinajstić information content (AvgIpc) is 2.33. The van der Waals surface area contributed by atoms with Gasteiger partial charge >= 0.3 is 0 Å². The van der Waals surface area contributed by atoms with Crippen molar-refractivity contribution in [1.82, 2.24) is 5.48 Å². The van der Waals surface area contributed by atoms with E-state index in [1.807, 2.05) is 0 Å². The molecule has 40 valence electrons. The van der Waals surface area contributed by atoms with Crippen molar-refractivity contribution in [3.8, 4) is 0 Å². The Hall–Kier alpha value is -0.0800. The van der Waals surface area contributed by atoms with E-state index >= 15 is 0 Å². The Morgan fingerprint density at radius 3 is 2.71 bits per heavy atom. The van der Waals surface area contributed by atoms with Gasteiger partial charge in [0, 0.05) is 12.0 Å². The van der Waals surface area contributed by atoms with E-state index in [4.69, 9.17) is 4.84 Å². The lowest BCUT2D eigenvalue weighted by Gasteiger charge is -2.00. The molecule has 0 radical (unpaired) electrons. The third-order valence-electron chi connectivity index (χ3n) is 1.83. The monoisotopic (exact) mass is 99.1 g/mol. The van der Waals surface area contributed by atoms with Crippen LogP contribution in [0.5, 0.6) is 0 Å². The second-order valence-electron chi connectivity index (χ2n) is 2.46. The van der Waals surface area contributed by atoms with Crippen LogP contribution in [0.3, 0.4) is 0 Å². The molecule has 0 amide bonds. The molecule has 0 spiro atoms. The third kappa shape index (κ3) is 0.409. The fourth-order valence-corrected chi connectivity index (χ4v) is 1.13. The van der Waals surface area contributed by atoms with Crippen LogP contribution < -0.4 is 5.48 Å². The summed E-state index contributed by atoms with van der Waals surface area (Å²) in [6, 6.07) is 0.616. The minimum atomic E-state index is 0.579. The van der Waals surface area contributed by atoms with Gasteiger partial charge in [-0.05, 0) is 13.3 Å². The summed E-state index contributed by atoms with van der Waals surface area (Å²) in [5.74, 6) is 0.847. The van der Waals surface area contributed by atoms with Crippen LogP contribution in [0, 0.1) is 5.92 Å². The molecule has 0 bridgehead atoms. The lowest BCUT2D eigenvalue weighted by molar-refractivity contribution is 0.0512. The van der Waals surface area contributed by atoms with Gasteiger partial charge in [0.15, 0.2) is 0 Å².